The van der Waals surface area contributed by atoms with Gasteiger partial charge >= 0.3 is 0 Å². The largest absolute Gasteiger partial charge is 0.280 e. The van der Waals surface area contributed by atoms with E-state index < -0.39 is 25.7 Å². The molecule has 0 spiro atoms. The van der Waals surface area contributed by atoms with E-state index in [1.54, 1.807) is 0 Å². The van der Waals surface area contributed by atoms with E-state index in [0.717, 1.165) is 27.5 Å². The molecule has 2 aliphatic carbocycles. The molecule has 3 nitrogen and oxygen atoms in total. The fourth-order valence-corrected chi connectivity index (χ4v) is 14.1. The lowest BCUT2D eigenvalue weighted by Crippen LogP contribution is -2.41. The van der Waals surface area contributed by atoms with E-state index in [-0.39, 0.29) is 27.1 Å². The molecule has 0 N–H and O–H groups in total. The van der Waals surface area contributed by atoms with E-state index in [4.69, 9.17) is 3.63 Å². The summed E-state index contributed by atoms with van der Waals surface area (Å²) >= 11 is 0. The van der Waals surface area contributed by atoms with Crippen molar-refractivity contribution in [3.63, 3.8) is 0 Å². The summed E-state index contributed by atoms with van der Waals surface area (Å²) in [6, 6.07) is 25.6. The van der Waals surface area contributed by atoms with Gasteiger partial charge in [0.1, 0.15) is 0 Å². The number of hydrogen-bond donors (Lipinski definition) is 0. The summed E-state index contributed by atoms with van der Waals surface area (Å²) in [6.07, 6.45) is 2.67. The molecule has 2 fully saturated rings. The summed E-state index contributed by atoms with van der Waals surface area (Å²) in [4.78, 5) is 2.70. The average molecular weight is 649 g/mol. The molecule has 2 saturated carbocycles. The van der Waals surface area contributed by atoms with E-state index in [9.17, 15) is 8.42 Å². The van der Waals surface area contributed by atoms with E-state index in [0.29, 0.717) is 12.3 Å². The Kier molecular flexibility index (Phi) is 8.37. The summed E-state index contributed by atoms with van der Waals surface area (Å²) in [6.45, 7) is 26.6. The van der Waals surface area contributed by atoms with Crippen LogP contribution in [0.4, 0.5) is 0 Å². The Balaban J connectivity index is 1.78. The van der Waals surface area contributed by atoms with Crippen LogP contribution in [0.15, 0.2) is 87.5 Å². The Labute approximate surface area is 276 Å². The van der Waals surface area contributed by atoms with E-state index in [1.165, 1.54) is 16.7 Å². The highest BCUT2D eigenvalue weighted by Crippen LogP contribution is 2.73. The highest BCUT2D eigenvalue weighted by molar-refractivity contribution is 8.33. The third-order valence-corrected chi connectivity index (χ3v) is 17.2. The lowest BCUT2D eigenvalue weighted by molar-refractivity contribution is 0.152. The molecule has 3 aromatic rings. The van der Waals surface area contributed by atoms with Crippen LogP contribution in [0.25, 0.3) is 0 Å². The van der Waals surface area contributed by atoms with Crippen LogP contribution in [0, 0.1) is 16.7 Å². The summed E-state index contributed by atoms with van der Waals surface area (Å²) in [5.41, 5.74) is 3.13. The van der Waals surface area contributed by atoms with E-state index in [1.807, 2.05) is 0 Å². The number of rotatable bonds is 6. The van der Waals surface area contributed by atoms with Gasteiger partial charge in [-0.2, -0.15) is 8.42 Å². The normalized spacial score (nSPS) is 24.2. The zero-order valence-electron chi connectivity index (χ0n) is 29.7. The van der Waals surface area contributed by atoms with Gasteiger partial charge in [-0.1, -0.05) is 119 Å². The maximum Gasteiger partial charge on any atom is 0.280 e. The molecule has 0 aliphatic heterocycles. The van der Waals surface area contributed by atoms with E-state index >= 15 is 0 Å². The van der Waals surface area contributed by atoms with Crippen molar-refractivity contribution in [2.24, 2.45) is 16.7 Å². The Hall–Kier alpha value is -2.08. The first-order valence-electron chi connectivity index (χ1n) is 16.6. The molecule has 5 heteroatoms. The summed E-state index contributed by atoms with van der Waals surface area (Å²) in [5.74, 6) is 0.387. The quantitative estimate of drug-likeness (QED) is 0.267. The fraction of sp³-hybridized carbons (Fsp3) is 0.550. The summed E-state index contributed by atoms with van der Waals surface area (Å²) in [7, 11) is -6.68. The molecule has 3 aromatic carbocycles. The van der Waals surface area contributed by atoms with Crippen LogP contribution in [0.1, 0.15) is 119 Å². The van der Waals surface area contributed by atoms with Crippen LogP contribution >= 0.6 is 10.3 Å². The Morgan fingerprint density at radius 3 is 1.18 bits per heavy atom. The van der Waals surface area contributed by atoms with E-state index in [2.05, 4.69) is 156 Å². The molecular weight excluding hydrogens is 593 g/mol. The van der Waals surface area contributed by atoms with Gasteiger partial charge in [-0.25, -0.2) is 3.63 Å². The van der Waals surface area contributed by atoms with Crippen LogP contribution in [-0.2, 0) is 30.0 Å². The van der Waals surface area contributed by atoms with Crippen LogP contribution in [0.3, 0.4) is 0 Å². The molecule has 5 rings (SSSR count). The summed E-state index contributed by atoms with van der Waals surface area (Å²) in [5, 5.41) is -0.540. The molecule has 3 unspecified atom stereocenters. The van der Waals surface area contributed by atoms with Gasteiger partial charge in [0.05, 0.1) is 5.25 Å². The predicted octanol–water partition coefficient (Wildman–Crippen LogP) is 11.3. The van der Waals surface area contributed by atoms with Crippen molar-refractivity contribution in [3.8, 4) is 0 Å². The molecule has 45 heavy (non-hydrogen) atoms. The SMILES string of the molecule is CC(C)(C)c1ccc(S(OS(=O)(=O)C2CC3CCC2(C)C3(C)C)(c2ccc(C(C)(C)C)cc2)c2ccc(C(C)(C)C)cc2)cc1. The lowest BCUT2D eigenvalue weighted by atomic mass is 9.71. The highest BCUT2D eigenvalue weighted by Gasteiger charge is 2.66. The first-order chi connectivity index (χ1) is 20.5. The molecule has 0 saturated heterocycles. The lowest BCUT2D eigenvalue weighted by Gasteiger charge is -2.43. The van der Waals surface area contributed by atoms with Crippen LogP contribution in [-0.4, -0.2) is 13.7 Å². The van der Waals surface area contributed by atoms with Crippen molar-refractivity contribution in [1.29, 1.82) is 0 Å². The highest BCUT2D eigenvalue weighted by atomic mass is 32.3. The van der Waals surface area contributed by atoms with Crippen molar-refractivity contribution in [2.45, 2.75) is 139 Å². The molecule has 0 amide bonds. The Morgan fingerprint density at radius 1 is 0.600 bits per heavy atom. The molecule has 0 aromatic heterocycles. The minimum Gasteiger partial charge on any atom is -0.206 e. The van der Waals surface area contributed by atoms with Crippen LogP contribution in [0.5, 0.6) is 0 Å². The first kappa shape index (κ1) is 34.3. The minimum atomic E-state index is -4.00. The smallest absolute Gasteiger partial charge is 0.206 e. The maximum atomic E-state index is 14.9. The van der Waals surface area contributed by atoms with Gasteiger partial charge in [0.25, 0.3) is 10.1 Å². The monoisotopic (exact) mass is 648 g/mol. The minimum absolute atomic E-state index is 0.0323. The number of benzene rings is 3. The molecule has 2 bridgehead atoms. The standard InChI is InChI=1S/C40H56O3S2/c1-36(2,3)28-13-19-32(20-14-28)44(33-21-15-29(16-22-33)37(4,5)6,34-23-17-30(18-24-34)38(7,8)9)43-45(41,42)35-27-31-25-26-40(35,12)39(31,10)11/h13-24,31,35H,25-27H2,1-12H3. The number of hydrogen-bond acceptors (Lipinski definition) is 3. The van der Waals surface area contributed by atoms with Gasteiger partial charge in [0.2, 0.25) is 0 Å². The van der Waals surface area contributed by atoms with Gasteiger partial charge < -0.3 is 0 Å². The average Bonchev–Trinajstić information content (AvgIpc) is 3.29. The molecule has 2 aliphatic rings. The van der Waals surface area contributed by atoms with Crippen molar-refractivity contribution in [3.05, 3.63) is 89.5 Å². The van der Waals surface area contributed by atoms with Crippen molar-refractivity contribution in [1.82, 2.24) is 0 Å². The van der Waals surface area contributed by atoms with Crippen molar-refractivity contribution >= 4 is 20.4 Å². The molecule has 3 atom stereocenters. The topological polar surface area (TPSA) is 43.4 Å². The van der Waals surface area contributed by atoms with Crippen molar-refractivity contribution in [2.75, 3.05) is 0 Å². The fourth-order valence-electron chi connectivity index (χ4n) is 7.72. The molecular formula is C40H56O3S2. The zero-order valence-corrected chi connectivity index (χ0v) is 31.4. The molecule has 0 radical (unpaired) electrons. The zero-order chi connectivity index (χ0) is 33.4. The van der Waals surface area contributed by atoms with Gasteiger partial charge in [-0.15, -0.1) is 0 Å². The van der Waals surface area contributed by atoms with Gasteiger partial charge in [-0.05, 0) is 116 Å². The third kappa shape index (κ3) is 5.84. The third-order valence-electron chi connectivity index (χ3n) is 11.4. The second-order valence-electron chi connectivity index (χ2n) is 17.5. The van der Waals surface area contributed by atoms with Crippen LogP contribution < -0.4 is 0 Å². The number of fused-ring (bicyclic) bond motifs is 2. The van der Waals surface area contributed by atoms with Crippen LogP contribution in [0.2, 0.25) is 0 Å². The Morgan fingerprint density at radius 2 is 0.933 bits per heavy atom. The second-order valence-corrected chi connectivity index (χ2v) is 22.2. The Bertz CT molecular complexity index is 1490. The van der Waals surface area contributed by atoms with Gasteiger partial charge in [0.15, 0.2) is 0 Å². The summed E-state index contributed by atoms with van der Waals surface area (Å²) < 4.78 is 36.9. The second kappa shape index (κ2) is 11.0. The molecule has 0 heterocycles. The first-order valence-corrected chi connectivity index (χ1v) is 19.7. The predicted molar refractivity (Wildman–Crippen MR) is 191 cm³/mol. The van der Waals surface area contributed by atoms with Crippen molar-refractivity contribution < 1.29 is 12.0 Å². The van der Waals surface area contributed by atoms with Gasteiger partial charge in [-0.3, -0.25) is 0 Å². The maximum absolute atomic E-state index is 14.9. The van der Waals surface area contributed by atoms with Gasteiger partial charge in [0, 0.05) is 14.7 Å². The molecule has 246 valence electrons.